The number of rotatable bonds is 7. The predicted molar refractivity (Wildman–Crippen MR) is 137 cm³/mol. The molecule has 0 atom stereocenters. The second-order valence-corrected chi connectivity index (χ2v) is 8.94. The molecule has 4 aromatic rings. The van der Waals surface area contributed by atoms with E-state index in [-0.39, 0.29) is 18.2 Å². The van der Waals surface area contributed by atoms with Crippen molar-refractivity contribution in [1.82, 2.24) is 10.7 Å². The average Bonchev–Trinajstić information content (AvgIpc) is 3.20. The van der Waals surface area contributed by atoms with Gasteiger partial charge >= 0.3 is 5.97 Å². The number of esters is 1. The number of hydrazone groups is 1. The molecule has 1 heterocycles. The van der Waals surface area contributed by atoms with Crippen molar-refractivity contribution in [3.8, 4) is 5.75 Å². The van der Waals surface area contributed by atoms with Gasteiger partial charge in [-0.15, -0.1) is 11.3 Å². The minimum absolute atomic E-state index is 0.245. The standard InChI is InChI=1S/C26H20ClN3O4S/c1-16-10-12-17(13-11-16)25(32)28-15-22(31)30-29-14-18-6-2-4-8-20(18)34-26(33)24-23(27)19-7-3-5-9-21(19)35-24/h2-14H,15H2,1H3,(H,28,32)(H,30,31). The van der Waals surface area contributed by atoms with Crippen molar-refractivity contribution in [3.63, 3.8) is 0 Å². The van der Waals surface area contributed by atoms with E-state index in [0.29, 0.717) is 21.0 Å². The minimum atomic E-state index is -0.583. The number of para-hydroxylation sites is 1. The summed E-state index contributed by atoms with van der Waals surface area (Å²) in [5, 5.41) is 7.58. The molecule has 0 saturated heterocycles. The van der Waals surface area contributed by atoms with Gasteiger partial charge in [0.15, 0.2) is 0 Å². The van der Waals surface area contributed by atoms with E-state index in [4.69, 9.17) is 16.3 Å². The first-order valence-corrected chi connectivity index (χ1v) is 11.8. The Labute approximate surface area is 210 Å². The number of carbonyl (C=O) groups excluding carboxylic acids is 3. The molecular weight excluding hydrogens is 486 g/mol. The minimum Gasteiger partial charge on any atom is -0.422 e. The fraction of sp³-hybridized carbons (Fsp3) is 0.0769. The Morgan fingerprint density at radius 3 is 2.49 bits per heavy atom. The highest BCUT2D eigenvalue weighted by Crippen LogP contribution is 2.35. The molecule has 0 aliphatic carbocycles. The number of ether oxygens (including phenoxy) is 1. The lowest BCUT2D eigenvalue weighted by Crippen LogP contribution is -2.34. The molecule has 0 bridgehead atoms. The number of hydrogen-bond donors (Lipinski definition) is 2. The second-order valence-electron chi connectivity index (χ2n) is 7.51. The highest BCUT2D eigenvalue weighted by atomic mass is 35.5. The SMILES string of the molecule is Cc1ccc(C(=O)NCC(=O)NN=Cc2ccccc2OC(=O)c2sc3ccccc3c2Cl)cc1. The average molecular weight is 506 g/mol. The van der Waals surface area contributed by atoms with Gasteiger partial charge in [-0.1, -0.05) is 59.6 Å². The number of halogens is 1. The van der Waals surface area contributed by atoms with E-state index in [1.54, 1.807) is 36.4 Å². The predicted octanol–water partition coefficient (Wildman–Crippen LogP) is 4.96. The Morgan fingerprint density at radius 2 is 1.71 bits per heavy atom. The van der Waals surface area contributed by atoms with Crippen molar-refractivity contribution < 1.29 is 19.1 Å². The van der Waals surface area contributed by atoms with Gasteiger partial charge in [-0.3, -0.25) is 9.59 Å². The zero-order valence-electron chi connectivity index (χ0n) is 18.6. The highest BCUT2D eigenvalue weighted by Gasteiger charge is 2.19. The Balaban J connectivity index is 1.36. The largest absolute Gasteiger partial charge is 0.422 e. The summed E-state index contributed by atoms with van der Waals surface area (Å²) >= 11 is 7.63. The van der Waals surface area contributed by atoms with Crippen LogP contribution in [0.2, 0.25) is 5.02 Å². The summed E-state index contributed by atoms with van der Waals surface area (Å²) in [6.07, 6.45) is 1.36. The third-order valence-electron chi connectivity index (χ3n) is 4.96. The van der Waals surface area contributed by atoms with Crippen LogP contribution in [-0.2, 0) is 4.79 Å². The maximum absolute atomic E-state index is 12.8. The summed E-state index contributed by atoms with van der Waals surface area (Å²) in [5.74, 6) is -1.19. The van der Waals surface area contributed by atoms with Crippen molar-refractivity contribution in [2.45, 2.75) is 6.92 Å². The first-order valence-electron chi connectivity index (χ1n) is 10.6. The number of benzene rings is 3. The van der Waals surface area contributed by atoms with Gasteiger partial charge in [-0.2, -0.15) is 5.10 Å². The van der Waals surface area contributed by atoms with Crippen LogP contribution in [0, 0.1) is 6.92 Å². The van der Waals surface area contributed by atoms with Crippen LogP contribution in [0.5, 0.6) is 5.75 Å². The van der Waals surface area contributed by atoms with Crippen molar-refractivity contribution in [1.29, 1.82) is 0 Å². The second kappa shape index (κ2) is 10.9. The molecule has 7 nitrogen and oxygen atoms in total. The lowest BCUT2D eigenvalue weighted by atomic mass is 10.1. The summed E-state index contributed by atoms with van der Waals surface area (Å²) in [7, 11) is 0. The van der Waals surface area contributed by atoms with E-state index >= 15 is 0 Å². The van der Waals surface area contributed by atoms with Crippen molar-refractivity contribution in [2.24, 2.45) is 5.10 Å². The van der Waals surface area contributed by atoms with Crippen LogP contribution in [0.25, 0.3) is 10.1 Å². The normalized spacial score (nSPS) is 10.9. The summed E-state index contributed by atoms with van der Waals surface area (Å²) in [6.45, 7) is 1.68. The Morgan fingerprint density at radius 1 is 1.00 bits per heavy atom. The van der Waals surface area contributed by atoms with Crippen LogP contribution >= 0.6 is 22.9 Å². The molecule has 0 aliphatic rings. The van der Waals surface area contributed by atoms with Gasteiger partial charge in [0.25, 0.3) is 11.8 Å². The Kier molecular flexibility index (Phi) is 7.54. The molecule has 0 radical (unpaired) electrons. The zero-order valence-corrected chi connectivity index (χ0v) is 20.2. The molecule has 3 aromatic carbocycles. The molecule has 176 valence electrons. The van der Waals surface area contributed by atoms with E-state index in [1.807, 2.05) is 43.3 Å². The monoisotopic (exact) mass is 505 g/mol. The number of nitrogens with one attached hydrogen (secondary N) is 2. The summed E-state index contributed by atoms with van der Waals surface area (Å²) in [4.78, 5) is 37.2. The molecule has 0 aliphatic heterocycles. The molecule has 2 N–H and O–H groups in total. The van der Waals surface area contributed by atoms with Crippen LogP contribution in [0.1, 0.15) is 31.2 Å². The summed E-state index contributed by atoms with van der Waals surface area (Å²) < 4.78 is 6.45. The van der Waals surface area contributed by atoms with E-state index in [1.165, 1.54) is 17.6 Å². The fourth-order valence-electron chi connectivity index (χ4n) is 3.15. The quantitative estimate of drug-likeness (QED) is 0.160. The van der Waals surface area contributed by atoms with E-state index < -0.39 is 11.9 Å². The van der Waals surface area contributed by atoms with Crippen LogP contribution < -0.4 is 15.5 Å². The molecule has 1 aromatic heterocycles. The smallest absolute Gasteiger partial charge is 0.355 e. The van der Waals surface area contributed by atoms with Crippen LogP contribution in [-0.4, -0.2) is 30.5 Å². The van der Waals surface area contributed by atoms with E-state index in [2.05, 4.69) is 15.8 Å². The van der Waals surface area contributed by atoms with Crippen LogP contribution in [0.3, 0.4) is 0 Å². The Bertz CT molecular complexity index is 1430. The van der Waals surface area contributed by atoms with Crippen molar-refractivity contribution in [2.75, 3.05) is 6.54 Å². The number of carbonyl (C=O) groups is 3. The fourth-order valence-corrected chi connectivity index (χ4v) is 4.54. The first-order chi connectivity index (χ1) is 16.9. The molecule has 35 heavy (non-hydrogen) atoms. The van der Waals surface area contributed by atoms with Gasteiger partial charge in [0, 0.05) is 21.2 Å². The molecule has 0 spiro atoms. The molecule has 0 saturated carbocycles. The first kappa shape index (κ1) is 24.1. The molecule has 2 amide bonds. The lowest BCUT2D eigenvalue weighted by molar-refractivity contribution is -0.120. The van der Waals surface area contributed by atoms with Gasteiger partial charge in [0.2, 0.25) is 0 Å². The van der Waals surface area contributed by atoms with Gasteiger partial charge in [0.05, 0.1) is 17.8 Å². The third kappa shape index (κ3) is 5.92. The Hall–Kier alpha value is -4.01. The van der Waals surface area contributed by atoms with Gasteiger partial charge in [-0.25, -0.2) is 10.2 Å². The van der Waals surface area contributed by atoms with Gasteiger partial charge < -0.3 is 10.1 Å². The molecule has 9 heteroatoms. The number of thiophene rings is 1. The van der Waals surface area contributed by atoms with E-state index in [9.17, 15) is 14.4 Å². The maximum Gasteiger partial charge on any atom is 0.355 e. The van der Waals surface area contributed by atoms with Gasteiger partial charge in [0.1, 0.15) is 10.6 Å². The maximum atomic E-state index is 12.8. The number of fused-ring (bicyclic) bond motifs is 1. The number of aryl methyl sites for hydroxylation is 1. The number of nitrogens with zero attached hydrogens (tertiary/aromatic N) is 1. The third-order valence-corrected chi connectivity index (χ3v) is 6.61. The summed E-state index contributed by atoms with van der Waals surface area (Å²) in [6, 6.07) is 21.2. The zero-order chi connectivity index (χ0) is 24.8. The molecule has 4 rings (SSSR count). The molecule has 0 unspecified atom stereocenters. The molecule has 0 fully saturated rings. The van der Waals surface area contributed by atoms with Crippen LogP contribution in [0.15, 0.2) is 77.9 Å². The lowest BCUT2D eigenvalue weighted by Gasteiger charge is -2.07. The number of hydrogen-bond acceptors (Lipinski definition) is 6. The van der Waals surface area contributed by atoms with Crippen LogP contribution in [0.4, 0.5) is 0 Å². The summed E-state index contributed by atoms with van der Waals surface area (Å²) in [5.41, 5.74) is 4.31. The topological polar surface area (TPSA) is 96.9 Å². The number of amides is 2. The van der Waals surface area contributed by atoms with Crippen molar-refractivity contribution >= 4 is 57.0 Å². The highest BCUT2D eigenvalue weighted by molar-refractivity contribution is 7.21. The van der Waals surface area contributed by atoms with Gasteiger partial charge in [-0.05, 0) is 37.3 Å². The van der Waals surface area contributed by atoms with E-state index in [0.717, 1.165) is 15.6 Å². The molecular formula is C26H20ClN3O4S. The van der Waals surface area contributed by atoms with Crippen molar-refractivity contribution in [3.05, 3.63) is 99.4 Å².